The Bertz CT molecular complexity index is 485. The molecule has 1 heterocycles. The first-order chi connectivity index (χ1) is 7.58. The number of aromatic nitrogens is 1. The molecule has 0 aliphatic rings. The largest absolute Gasteiger partial charge is 0.478 e. The lowest BCUT2D eigenvalue weighted by molar-refractivity contribution is -0.131. The molecule has 0 fully saturated rings. The lowest BCUT2D eigenvalue weighted by Crippen LogP contribution is -1.98. The van der Waals surface area contributed by atoms with E-state index in [0.29, 0.717) is 23.4 Å². The van der Waals surface area contributed by atoms with E-state index in [4.69, 9.17) is 10.4 Å². The van der Waals surface area contributed by atoms with E-state index in [9.17, 15) is 4.79 Å². The van der Waals surface area contributed by atoms with E-state index in [1.54, 1.807) is 13.0 Å². The highest BCUT2D eigenvalue weighted by molar-refractivity contribution is 5.85. The summed E-state index contributed by atoms with van der Waals surface area (Å²) in [4.78, 5) is 14.6. The number of rotatable bonds is 3. The molecule has 1 rings (SSSR count). The first-order valence-corrected chi connectivity index (χ1v) is 4.90. The topological polar surface area (TPSA) is 74.0 Å². The number of hydrogen-bond acceptors (Lipinski definition) is 3. The van der Waals surface area contributed by atoms with Crippen LogP contribution >= 0.6 is 0 Å². The maximum Gasteiger partial charge on any atom is 0.328 e. The van der Waals surface area contributed by atoms with Gasteiger partial charge in [-0.3, -0.25) is 4.98 Å². The second kappa shape index (κ2) is 5.08. The number of carbonyl (C=O) groups is 1. The lowest BCUT2D eigenvalue weighted by Gasteiger charge is -2.05. The molecule has 0 atom stereocenters. The van der Waals surface area contributed by atoms with Crippen LogP contribution in [-0.4, -0.2) is 16.1 Å². The van der Waals surface area contributed by atoms with Crippen LogP contribution in [0.25, 0.3) is 6.08 Å². The summed E-state index contributed by atoms with van der Waals surface area (Å²) in [5.41, 5.74) is 2.63. The highest BCUT2D eigenvalue weighted by Crippen LogP contribution is 2.14. The molecule has 16 heavy (non-hydrogen) atoms. The molecule has 1 aromatic rings. The summed E-state index contributed by atoms with van der Waals surface area (Å²) < 4.78 is 0. The molecule has 0 amide bonds. The number of aryl methyl sites for hydroxylation is 2. The van der Waals surface area contributed by atoms with Crippen molar-refractivity contribution in [2.45, 2.75) is 20.3 Å². The first kappa shape index (κ1) is 11.9. The van der Waals surface area contributed by atoms with Gasteiger partial charge in [-0.1, -0.05) is 6.92 Å². The number of nitriles is 1. The molecule has 0 saturated carbocycles. The predicted octanol–water partition coefficient (Wildman–Crippen LogP) is 1.92. The van der Waals surface area contributed by atoms with E-state index in [2.05, 4.69) is 11.1 Å². The summed E-state index contributed by atoms with van der Waals surface area (Å²) >= 11 is 0. The number of hydrogen-bond donors (Lipinski definition) is 1. The normalized spacial score (nSPS) is 10.3. The van der Waals surface area contributed by atoms with E-state index in [-0.39, 0.29) is 0 Å². The molecular formula is C12H12N2O2. The van der Waals surface area contributed by atoms with Crippen molar-refractivity contribution in [3.8, 4) is 6.07 Å². The fraction of sp³-hybridized carbons (Fsp3) is 0.250. The molecule has 82 valence electrons. The average molecular weight is 216 g/mol. The van der Waals surface area contributed by atoms with Gasteiger partial charge in [0.2, 0.25) is 0 Å². The number of nitrogens with zero attached hydrogens (tertiary/aromatic N) is 2. The van der Waals surface area contributed by atoms with Crippen LogP contribution in [0.4, 0.5) is 0 Å². The van der Waals surface area contributed by atoms with Crippen molar-refractivity contribution in [1.29, 1.82) is 5.26 Å². The van der Waals surface area contributed by atoms with Gasteiger partial charge in [0.25, 0.3) is 0 Å². The van der Waals surface area contributed by atoms with Gasteiger partial charge in [-0.15, -0.1) is 0 Å². The van der Waals surface area contributed by atoms with Crippen molar-refractivity contribution in [3.05, 3.63) is 34.7 Å². The van der Waals surface area contributed by atoms with Crippen LogP contribution in [-0.2, 0) is 11.2 Å². The van der Waals surface area contributed by atoms with Crippen LogP contribution in [0.2, 0.25) is 0 Å². The van der Waals surface area contributed by atoms with Crippen LogP contribution in [0.5, 0.6) is 0 Å². The van der Waals surface area contributed by atoms with E-state index in [1.807, 2.05) is 6.92 Å². The third kappa shape index (κ3) is 2.67. The number of carboxylic acid groups (broad SMARTS) is 1. The van der Waals surface area contributed by atoms with Crippen molar-refractivity contribution in [1.82, 2.24) is 4.98 Å². The minimum atomic E-state index is -1.01. The molecule has 0 spiro atoms. The summed E-state index contributed by atoms with van der Waals surface area (Å²) in [5.74, 6) is -1.01. The second-order valence-corrected chi connectivity index (χ2v) is 3.30. The zero-order chi connectivity index (χ0) is 12.1. The van der Waals surface area contributed by atoms with Gasteiger partial charge in [0.1, 0.15) is 6.07 Å². The maximum absolute atomic E-state index is 10.4. The molecule has 0 radical (unpaired) electrons. The van der Waals surface area contributed by atoms with E-state index in [1.165, 1.54) is 6.08 Å². The minimum Gasteiger partial charge on any atom is -0.478 e. The number of aliphatic carboxylic acids is 1. The van der Waals surface area contributed by atoms with Gasteiger partial charge < -0.3 is 5.11 Å². The van der Waals surface area contributed by atoms with Gasteiger partial charge >= 0.3 is 5.97 Å². The Hall–Kier alpha value is -2.15. The Morgan fingerprint density at radius 2 is 2.38 bits per heavy atom. The van der Waals surface area contributed by atoms with Gasteiger partial charge in [0.15, 0.2) is 0 Å². The van der Waals surface area contributed by atoms with E-state index < -0.39 is 5.97 Å². The molecule has 4 heteroatoms. The fourth-order valence-corrected chi connectivity index (χ4v) is 1.36. The van der Waals surface area contributed by atoms with Crippen molar-refractivity contribution >= 4 is 12.0 Å². The Morgan fingerprint density at radius 1 is 1.69 bits per heavy atom. The summed E-state index contributed by atoms with van der Waals surface area (Å²) in [6, 6.07) is 3.81. The zero-order valence-corrected chi connectivity index (χ0v) is 9.19. The van der Waals surface area contributed by atoms with Gasteiger partial charge in [0.05, 0.1) is 17.0 Å². The molecule has 0 aromatic carbocycles. The maximum atomic E-state index is 10.4. The summed E-state index contributed by atoms with van der Waals surface area (Å²) in [5, 5.41) is 17.4. The van der Waals surface area contributed by atoms with Gasteiger partial charge in [-0.2, -0.15) is 5.26 Å². The lowest BCUT2D eigenvalue weighted by atomic mass is 10.1. The number of pyridine rings is 1. The highest BCUT2D eigenvalue weighted by Gasteiger charge is 2.05. The number of carboxylic acids is 1. The highest BCUT2D eigenvalue weighted by atomic mass is 16.4. The standard InChI is InChI=1S/C12H12N2O2/c1-3-9-6-10(7-13)8(2)14-11(9)4-5-12(15)16/h4-6H,3H2,1-2H3,(H,15,16). The van der Waals surface area contributed by atoms with Crippen molar-refractivity contribution in [2.24, 2.45) is 0 Å². The van der Waals surface area contributed by atoms with Crippen LogP contribution in [0.1, 0.15) is 29.4 Å². The van der Waals surface area contributed by atoms with E-state index in [0.717, 1.165) is 11.6 Å². The van der Waals surface area contributed by atoms with Crippen LogP contribution in [0, 0.1) is 18.3 Å². The van der Waals surface area contributed by atoms with Gasteiger partial charge in [-0.05, 0) is 31.1 Å². The van der Waals surface area contributed by atoms with Gasteiger partial charge in [0, 0.05) is 6.08 Å². The van der Waals surface area contributed by atoms with Crippen molar-refractivity contribution < 1.29 is 9.90 Å². The first-order valence-electron chi connectivity index (χ1n) is 4.90. The third-order valence-electron chi connectivity index (χ3n) is 2.21. The Balaban J connectivity index is 3.24. The summed E-state index contributed by atoms with van der Waals surface area (Å²) in [7, 11) is 0. The van der Waals surface area contributed by atoms with Crippen molar-refractivity contribution in [2.75, 3.05) is 0 Å². The second-order valence-electron chi connectivity index (χ2n) is 3.30. The molecule has 0 unspecified atom stereocenters. The molecule has 0 bridgehead atoms. The monoisotopic (exact) mass is 216 g/mol. The smallest absolute Gasteiger partial charge is 0.328 e. The Morgan fingerprint density at radius 3 is 2.88 bits per heavy atom. The average Bonchev–Trinajstić information content (AvgIpc) is 2.26. The van der Waals surface area contributed by atoms with E-state index >= 15 is 0 Å². The molecular weight excluding hydrogens is 204 g/mol. The summed E-state index contributed by atoms with van der Waals surface area (Å²) in [6.45, 7) is 3.67. The SMILES string of the molecule is CCc1cc(C#N)c(C)nc1C=CC(=O)O. The van der Waals surface area contributed by atoms with Crippen LogP contribution < -0.4 is 0 Å². The van der Waals surface area contributed by atoms with Crippen LogP contribution in [0.3, 0.4) is 0 Å². The minimum absolute atomic E-state index is 0.532. The van der Waals surface area contributed by atoms with Crippen molar-refractivity contribution in [3.63, 3.8) is 0 Å². The molecule has 1 aromatic heterocycles. The van der Waals surface area contributed by atoms with Gasteiger partial charge in [-0.25, -0.2) is 4.79 Å². The quantitative estimate of drug-likeness (QED) is 0.783. The van der Waals surface area contributed by atoms with Crippen LogP contribution in [0.15, 0.2) is 12.1 Å². The Labute approximate surface area is 93.9 Å². The Kier molecular flexibility index (Phi) is 3.78. The molecule has 0 saturated heterocycles. The third-order valence-corrected chi connectivity index (χ3v) is 2.21. The fourth-order valence-electron chi connectivity index (χ4n) is 1.36. The zero-order valence-electron chi connectivity index (χ0n) is 9.19. The summed E-state index contributed by atoms with van der Waals surface area (Å²) in [6.07, 6.45) is 3.21. The molecule has 1 N–H and O–H groups in total. The molecule has 0 aliphatic carbocycles. The molecule has 0 aliphatic heterocycles. The molecule has 4 nitrogen and oxygen atoms in total. The predicted molar refractivity (Wildman–Crippen MR) is 59.7 cm³/mol.